The molecule has 2 aliphatic carbocycles. The third-order valence-electron chi connectivity index (χ3n) is 6.78. The number of esters is 1. The van der Waals surface area contributed by atoms with Crippen molar-refractivity contribution in [2.24, 2.45) is 23.7 Å². The fourth-order valence-electron chi connectivity index (χ4n) is 5.20. The summed E-state index contributed by atoms with van der Waals surface area (Å²) in [6.07, 6.45) is 0.806. The number of likely N-dealkylation sites (tertiary alicyclic amines) is 1. The van der Waals surface area contributed by atoms with Crippen LogP contribution in [0, 0.1) is 23.7 Å². The molecule has 0 spiro atoms. The molecule has 1 aromatic carbocycles. The first kappa shape index (κ1) is 24.0. The van der Waals surface area contributed by atoms with Gasteiger partial charge in [-0.1, -0.05) is 31.9 Å². The molecule has 0 aromatic heterocycles. The van der Waals surface area contributed by atoms with Gasteiger partial charge in [0, 0.05) is 15.7 Å². The van der Waals surface area contributed by atoms with Crippen LogP contribution in [-0.2, 0) is 23.9 Å². The number of nitrogens with one attached hydrogen (secondary N) is 1. The first-order chi connectivity index (χ1) is 15.7. The predicted molar refractivity (Wildman–Crippen MR) is 124 cm³/mol. The molecular weight excluding hydrogens is 564 g/mol. The zero-order chi connectivity index (χ0) is 24.0. The zero-order valence-electron chi connectivity index (χ0n) is 18.2. The van der Waals surface area contributed by atoms with E-state index in [0.29, 0.717) is 17.2 Å². The van der Waals surface area contributed by atoms with E-state index >= 15 is 0 Å². The highest BCUT2D eigenvalue weighted by Gasteiger charge is 2.67. The van der Waals surface area contributed by atoms with Crippen LogP contribution in [0.1, 0.15) is 13.3 Å². The number of imide groups is 1. The van der Waals surface area contributed by atoms with Crippen LogP contribution < -0.4 is 14.8 Å². The summed E-state index contributed by atoms with van der Waals surface area (Å²) in [7, 11) is 2.96. The summed E-state index contributed by atoms with van der Waals surface area (Å²) in [5.41, 5.74) is 0.384. The van der Waals surface area contributed by atoms with Crippen LogP contribution in [0.2, 0.25) is 0 Å². The number of carbonyl (C=O) groups excluding carboxylic acids is 4. The Balaban J connectivity index is 1.36. The van der Waals surface area contributed by atoms with Gasteiger partial charge in [-0.2, -0.15) is 0 Å². The highest BCUT2D eigenvalue weighted by molar-refractivity contribution is 9.12. The molecule has 1 saturated heterocycles. The zero-order valence-corrected chi connectivity index (χ0v) is 21.4. The van der Waals surface area contributed by atoms with Crippen molar-refractivity contribution in [2.75, 3.05) is 26.1 Å². The Hall–Kier alpha value is -2.14. The Morgan fingerprint density at radius 2 is 1.70 bits per heavy atom. The van der Waals surface area contributed by atoms with Gasteiger partial charge in [0.05, 0.1) is 31.7 Å². The SMILES string of the molecule is COc1ccc(NC(=O)COC(=O)[C@H](C)N2C(=O)[C@@H]3[C@H]4C[C@@H]([C@H](Br)[C@H]4Br)[C@@H]3C2=O)c(OC)c1. The number of anilines is 1. The third kappa shape index (κ3) is 4.03. The molecule has 3 fully saturated rings. The highest BCUT2D eigenvalue weighted by atomic mass is 79.9. The molecule has 9 nitrogen and oxygen atoms in total. The molecular formula is C22H24Br2N2O7. The number of hydrogen-bond acceptors (Lipinski definition) is 7. The van der Waals surface area contributed by atoms with E-state index in [-0.39, 0.29) is 33.3 Å². The summed E-state index contributed by atoms with van der Waals surface area (Å²) < 4.78 is 15.5. The molecule has 178 valence electrons. The topological polar surface area (TPSA) is 111 Å². The summed E-state index contributed by atoms with van der Waals surface area (Å²) >= 11 is 7.27. The van der Waals surface area contributed by atoms with Gasteiger partial charge >= 0.3 is 5.97 Å². The van der Waals surface area contributed by atoms with Crippen molar-refractivity contribution in [3.8, 4) is 11.5 Å². The molecule has 1 N–H and O–H groups in total. The van der Waals surface area contributed by atoms with Crippen LogP contribution in [0.5, 0.6) is 11.5 Å². The van der Waals surface area contributed by atoms with Gasteiger partial charge in [-0.3, -0.25) is 19.3 Å². The lowest BCUT2D eigenvalue weighted by Crippen LogP contribution is -2.45. The lowest BCUT2D eigenvalue weighted by Gasteiger charge is -2.28. The maximum Gasteiger partial charge on any atom is 0.329 e. The molecule has 3 amide bonds. The first-order valence-electron chi connectivity index (χ1n) is 10.5. The highest BCUT2D eigenvalue weighted by Crippen LogP contribution is 2.60. The lowest BCUT2D eigenvalue weighted by atomic mass is 9.81. The van der Waals surface area contributed by atoms with Gasteiger partial charge in [-0.25, -0.2) is 4.79 Å². The molecule has 1 aromatic rings. The fourth-order valence-corrected chi connectivity index (χ4v) is 7.08. The number of hydrogen-bond donors (Lipinski definition) is 1. The van der Waals surface area contributed by atoms with Gasteiger partial charge in [0.1, 0.15) is 17.5 Å². The van der Waals surface area contributed by atoms with Crippen molar-refractivity contribution < 1.29 is 33.4 Å². The second-order valence-corrected chi connectivity index (χ2v) is 10.6. The van der Waals surface area contributed by atoms with Gasteiger partial charge in [0.25, 0.3) is 5.91 Å². The number of ether oxygens (including phenoxy) is 3. The normalized spacial score (nSPS) is 30.8. The average Bonchev–Trinajstić information content (AvgIpc) is 3.42. The Morgan fingerprint density at radius 1 is 1.09 bits per heavy atom. The molecule has 1 heterocycles. The smallest absolute Gasteiger partial charge is 0.329 e. The molecule has 4 rings (SSSR count). The molecule has 11 heteroatoms. The minimum atomic E-state index is -1.11. The van der Waals surface area contributed by atoms with E-state index in [4.69, 9.17) is 14.2 Å². The summed E-state index contributed by atoms with van der Waals surface area (Å²) in [6, 6.07) is 3.74. The van der Waals surface area contributed by atoms with E-state index in [2.05, 4.69) is 37.2 Å². The molecule has 2 bridgehead atoms. The average molecular weight is 588 g/mol. The van der Waals surface area contributed by atoms with Gasteiger partial charge in [0.15, 0.2) is 6.61 Å². The number of carbonyl (C=O) groups is 4. The first-order valence-corrected chi connectivity index (χ1v) is 12.4. The van der Waals surface area contributed by atoms with E-state index in [0.717, 1.165) is 11.3 Å². The molecule has 33 heavy (non-hydrogen) atoms. The van der Waals surface area contributed by atoms with Crippen molar-refractivity contribution in [3.05, 3.63) is 18.2 Å². The summed E-state index contributed by atoms with van der Waals surface area (Å²) in [5, 5.41) is 2.60. The predicted octanol–water partition coefficient (Wildman–Crippen LogP) is 2.35. The van der Waals surface area contributed by atoms with Crippen molar-refractivity contribution >= 4 is 61.2 Å². The van der Waals surface area contributed by atoms with Crippen LogP contribution in [0.4, 0.5) is 5.69 Å². The monoisotopic (exact) mass is 586 g/mol. The number of methoxy groups -OCH3 is 2. The van der Waals surface area contributed by atoms with Crippen LogP contribution in [0.15, 0.2) is 18.2 Å². The maximum atomic E-state index is 13.0. The van der Waals surface area contributed by atoms with Gasteiger partial charge < -0.3 is 19.5 Å². The van der Waals surface area contributed by atoms with Crippen molar-refractivity contribution in [3.63, 3.8) is 0 Å². The van der Waals surface area contributed by atoms with Crippen LogP contribution in [0.3, 0.4) is 0 Å². The minimum absolute atomic E-state index is 0.0549. The van der Waals surface area contributed by atoms with Gasteiger partial charge in [-0.15, -0.1) is 0 Å². The largest absolute Gasteiger partial charge is 0.497 e. The second kappa shape index (κ2) is 9.25. The van der Waals surface area contributed by atoms with E-state index in [1.165, 1.54) is 21.1 Å². The number of halogens is 2. The van der Waals surface area contributed by atoms with Crippen LogP contribution in [-0.4, -0.2) is 65.1 Å². The molecule has 2 saturated carbocycles. The Labute approximate surface area is 207 Å². The van der Waals surface area contributed by atoms with Crippen molar-refractivity contribution in [1.82, 2.24) is 4.90 Å². The standard InChI is InChI=1S/C22H24Br2N2O7/c1-9(26-20(28)16-11-7-12(17(16)21(26)29)19(24)18(11)23)22(30)33-8-15(27)25-13-5-4-10(31-2)6-14(13)32-3/h4-6,9,11-12,16-19H,7-8H2,1-3H3,(H,25,27)/t9-,11+,12+,16-,17+,18-,19-/m0/s1. The number of alkyl halides is 2. The molecule has 0 radical (unpaired) electrons. The second-order valence-electron chi connectivity index (χ2n) is 8.45. The number of benzene rings is 1. The minimum Gasteiger partial charge on any atom is -0.497 e. The Morgan fingerprint density at radius 3 is 2.24 bits per heavy atom. The fraction of sp³-hybridized carbons (Fsp3) is 0.545. The lowest BCUT2D eigenvalue weighted by molar-refractivity contribution is -0.159. The number of rotatable bonds is 7. The number of nitrogens with zero attached hydrogens (tertiary/aromatic N) is 1. The van der Waals surface area contributed by atoms with E-state index in [1.807, 2.05) is 0 Å². The Bertz CT molecular complexity index is 971. The van der Waals surface area contributed by atoms with Crippen molar-refractivity contribution in [1.29, 1.82) is 0 Å². The Kier molecular flexibility index (Phi) is 6.73. The molecule has 3 aliphatic rings. The summed E-state index contributed by atoms with van der Waals surface area (Å²) in [6.45, 7) is 0.877. The van der Waals surface area contributed by atoms with Gasteiger partial charge in [-0.05, 0) is 37.3 Å². The van der Waals surface area contributed by atoms with Crippen molar-refractivity contribution in [2.45, 2.75) is 29.0 Å². The van der Waals surface area contributed by atoms with E-state index < -0.39 is 36.4 Å². The summed E-state index contributed by atoms with van der Waals surface area (Å²) in [5.74, 6) is -1.85. The van der Waals surface area contributed by atoms with Crippen LogP contribution >= 0.6 is 31.9 Å². The molecule has 0 unspecified atom stereocenters. The summed E-state index contributed by atoms with van der Waals surface area (Å²) in [4.78, 5) is 52.2. The maximum absolute atomic E-state index is 13.0. The number of amides is 3. The third-order valence-corrected chi connectivity index (χ3v) is 9.98. The van der Waals surface area contributed by atoms with Gasteiger partial charge in [0.2, 0.25) is 11.8 Å². The molecule has 1 aliphatic heterocycles. The van der Waals surface area contributed by atoms with E-state index in [1.54, 1.807) is 18.2 Å². The quantitative estimate of drug-likeness (QED) is 0.296. The van der Waals surface area contributed by atoms with E-state index in [9.17, 15) is 19.2 Å². The molecule has 7 atom stereocenters. The van der Waals surface area contributed by atoms with Crippen LogP contribution in [0.25, 0.3) is 0 Å². The number of fused-ring (bicyclic) bond motifs is 5.